The van der Waals surface area contributed by atoms with Crippen molar-refractivity contribution in [2.75, 3.05) is 4.90 Å². The van der Waals surface area contributed by atoms with Crippen LogP contribution in [-0.2, 0) is 16.0 Å². The molecule has 37 heavy (non-hydrogen) atoms. The van der Waals surface area contributed by atoms with Crippen LogP contribution in [0.5, 0.6) is 5.75 Å². The van der Waals surface area contributed by atoms with E-state index in [9.17, 15) is 14.7 Å². The molecule has 0 unspecified atom stereocenters. The normalized spacial score (nSPS) is 20.5. The van der Waals surface area contributed by atoms with Gasteiger partial charge in [-0.1, -0.05) is 45.5 Å². The summed E-state index contributed by atoms with van der Waals surface area (Å²) in [6.07, 6.45) is 0.760. The number of nitrogens with zero attached hydrogens (tertiary/aromatic N) is 2. The molecular formula is C29H23BrN2O4S. The second-order valence-corrected chi connectivity index (χ2v) is 11.5. The first-order valence-electron chi connectivity index (χ1n) is 12.0. The maximum Gasteiger partial charge on any atom is 0.301 e. The first-order chi connectivity index (χ1) is 17.7. The van der Waals surface area contributed by atoms with Crippen LogP contribution in [0.2, 0.25) is 0 Å². The van der Waals surface area contributed by atoms with E-state index in [0.717, 1.165) is 37.1 Å². The highest BCUT2D eigenvalue weighted by molar-refractivity contribution is 9.10. The lowest BCUT2D eigenvalue weighted by Crippen LogP contribution is -2.29. The summed E-state index contributed by atoms with van der Waals surface area (Å²) in [6, 6.07) is 16.0. The van der Waals surface area contributed by atoms with E-state index in [2.05, 4.69) is 15.9 Å². The number of fused-ring (bicyclic) bond motifs is 2. The van der Waals surface area contributed by atoms with E-state index in [0.29, 0.717) is 22.7 Å². The number of carbonyl (C=O) groups is 2. The van der Waals surface area contributed by atoms with Gasteiger partial charge in [-0.2, -0.15) is 0 Å². The number of aliphatic hydroxyl groups excluding tert-OH is 1. The number of ketones is 1. The summed E-state index contributed by atoms with van der Waals surface area (Å²) in [5.41, 5.74) is 5.08. The van der Waals surface area contributed by atoms with Crippen molar-refractivity contribution in [1.82, 2.24) is 4.98 Å². The molecule has 6 rings (SSSR count). The van der Waals surface area contributed by atoms with Gasteiger partial charge in [-0.3, -0.25) is 14.5 Å². The third kappa shape index (κ3) is 3.95. The molecule has 1 saturated heterocycles. The molecule has 0 spiro atoms. The molecule has 3 heterocycles. The fourth-order valence-corrected chi connectivity index (χ4v) is 6.79. The van der Waals surface area contributed by atoms with Crippen LogP contribution in [-0.4, -0.2) is 27.9 Å². The quantitative estimate of drug-likeness (QED) is 0.169. The smallest absolute Gasteiger partial charge is 0.301 e. The number of halogens is 1. The van der Waals surface area contributed by atoms with Crippen molar-refractivity contribution in [3.63, 3.8) is 0 Å². The molecule has 1 N–H and O–H groups in total. The van der Waals surface area contributed by atoms with Crippen LogP contribution in [0.1, 0.15) is 40.8 Å². The third-order valence-electron chi connectivity index (χ3n) is 6.80. The van der Waals surface area contributed by atoms with Crippen molar-refractivity contribution in [1.29, 1.82) is 0 Å². The number of hydrogen-bond donors (Lipinski definition) is 1. The topological polar surface area (TPSA) is 79.7 Å². The maximum atomic E-state index is 13.5. The van der Waals surface area contributed by atoms with Crippen molar-refractivity contribution in [2.24, 2.45) is 0 Å². The first-order valence-corrected chi connectivity index (χ1v) is 13.6. The molecule has 1 amide bonds. The zero-order valence-electron chi connectivity index (χ0n) is 20.4. The Morgan fingerprint density at radius 3 is 2.73 bits per heavy atom. The number of aliphatic hydroxyl groups is 1. The fraction of sp³-hybridized carbons (Fsp3) is 0.207. The average molecular weight is 575 g/mol. The number of thiazole rings is 1. The number of anilines is 1. The molecule has 0 saturated carbocycles. The zero-order chi connectivity index (χ0) is 26.0. The Kier molecular flexibility index (Phi) is 5.69. The van der Waals surface area contributed by atoms with Crippen LogP contribution < -0.4 is 9.64 Å². The predicted molar refractivity (Wildman–Crippen MR) is 148 cm³/mol. The van der Waals surface area contributed by atoms with E-state index in [1.807, 2.05) is 63.2 Å². The van der Waals surface area contributed by atoms with E-state index in [1.165, 1.54) is 16.2 Å². The number of Topliss-reactive ketones (excluding diaryl/α,β-unsaturated/α-hetero) is 1. The highest BCUT2D eigenvalue weighted by atomic mass is 79.9. The monoisotopic (exact) mass is 574 g/mol. The van der Waals surface area contributed by atoms with Gasteiger partial charge in [-0.05, 0) is 79.4 Å². The number of benzene rings is 3. The van der Waals surface area contributed by atoms with Gasteiger partial charge in [0.25, 0.3) is 5.78 Å². The highest BCUT2D eigenvalue weighted by Gasteiger charge is 2.48. The van der Waals surface area contributed by atoms with E-state index in [1.54, 1.807) is 12.1 Å². The lowest BCUT2D eigenvalue weighted by atomic mass is 9.94. The molecule has 6 nitrogen and oxygen atoms in total. The minimum absolute atomic E-state index is 0.0437. The summed E-state index contributed by atoms with van der Waals surface area (Å²) in [4.78, 5) is 33.3. The van der Waals surface area contributed by atoms with Gasteiger partial charge >= 0.3 is 5.91 Å². The van der Waals surface area contributed by atoms with Gasteiger partial charge in [-0.15, -0.1) is 0 Å². The summed E-state index contributed by atoms with van der Waals surface area (Å²) in [6.45, 7) is 5.98. The predicted octanol–water partition coefficient (Wildman–Crippen LogP) is 6.63. The molecule has 186 valence electrons. The molecule has 1 aromatic heterocycles. The molecule has 4 aromatic rings. The van der Waals surface area contributed by atoms with Gasteiger partial charge in [0.05, 0.1) is 21.8 Å². The SMILES string of the molecule is Cc1cc(C)c2nc(N3C(=O)C(=O)/C(=C(/O)c4ccc5c(c4)C[C@@H](C)O5)[C@H]3c3cccc(Br)c3)sc2c1. The Morgan fingerprint density at radius 2 is 1.95 bits per heavy atom. The molecular weight excluding hydrogens is 552 g/mol. The van der Waals surface area contributed by atoms with Gasteiger partial charge in [0.2, 0.25) is 0 Å². The zero-order valence-corrected chi connectivity index (χ0v) is 22.8. The highest BCUT2D eigenvalue weighted by Crippen LogP contribution is 2.45. The molecule has 2 aliphatic rings. The molecule has 3 aromatic carbocycles. The molecule has 2 aliphatic heterocycles. The number of aryl methyl sites for hydroxylation is 2. The van der Waals surface area contributed by atoms with Crippen LogP contribution in [0.25, 0.3) is 16.0 Å². The maximum absolute atomic E-state index is 13.5. The molecule has 8 heteroatoms. The van der Waals surface area contributed by atoms with Crippen LogP contribution >= 0.6 is 27.3 Å². The average Bonchev–Trinajstić information content (AvgIpc) is 3.51. The summed E-state index contributed by atoms with van der Waals surface area (Å²) in [5.74, 6) is -0.882. The fourth-order valence-electron chi connectivity index (χ4n) is 5.21. The summed E-state index contributed by atoms with van der Waals surface area (Å²) in [5, 5.41) is 11.9. The lowest BCUT2D eigenvalue weighted by molar-refractivity contribution is -0.132. The van der Waals surface area contributed by atoms with E-state index in [4.69, 9.17) is 9.72 Å². The Hall–Kier alpha value is -3.49. The Labute approximate surface area is 226 Å². The van der Waals surface area contributed by atoms with Crippen molar-refractivity contribution in [3.8, 4) is 5.75 Å². The standard InChI is InChI=1S/C29H23BrN2O4S/c1-14-9-15(2)24-22(10-14)37-29(31-24)32-25(17-5-4-6-20(30)13-17)23(27(34)28(32)35)26(33)18-7-8-21-19(12-18)11-16(3)36-21/h4-10,12-13,16,25,33H,11H2,1-3H3/b26-23+/t16-,25-/m1/s1. The second kappa shape index (κ2) is 8.82. The van der Waals surface area contributed by atoms with E-state index < -0.39 is 17.7 Å². The Balaban J connectivity index is 1.55. The number of aromatic nitrogens is 1. The van der Waals surface area contributed by atoms with E-state index >= 15 is 0 Å². The van der Waals surface area contributed by atoms with Crippen molar-refractivity contribution < 1.29 is 19.4 Å². The van der Waals surface area contributed by atoms with Gasteiger partial charge < -0.3 is 9.84 Å². The minimum atomic E-state index is -0.831. The second-order valence-electron chi connectivity index (χ2n) is 9.60. The number of hydrogen-bond acceptors (Lipinski definition) is 6. The van der Waals surface area contributed by atoms with E-state index in [-0.39, 0.29) is 17.4 Å². The van der Waals surface area contributed by atoms with Crippen LogP contribution in [0.4, 0.5) is 5.13 Å². The van der Waals surface area contributed by atoms with Crippen LogP contribution in [0.3, 0.4) is 0 Å². The van der Waals surface area contributed by atoms with Crippen molar-refractivity contribution in [3.05, 3.63) is 92.5 Å². The van der Waals surface area contributed by atoms with Crippen molar-refractivity contribution >= 4 is 60.1 Å². The summed E-state index contributed by atoms with van der Waals surface area (Å²) < 4.78 is 7.53. The number of carbonyl (C=O) groups excluding carboxylic acids is 2. The van der Waals surface area contributed by atoms with Gasteiger partial charge in [-0.25, -0.2) is 4.98 Å². The van der Waals surface area contributed by atoms with Gasteiger partial charge in [0.1, 0.15) is 17.6 Å². The lowest BCUT2D eigenvalue weighted by Gasteiger charge is -2.23. The Morgan fingerprint density at radius 1 is 1.14 bits per heavy atom. The summed E-state index contributed by atoms with van der Waals surface area (Å²) in [7, 11) is 0. The van der Waals surface area contributed by atoms with Gasteiger partial charge in [0.15, 0.2) is 5.13 Å². The summed E-state index contributed by atoms with van der Waals surface area (Å²) >= 11 is 4.88. The molecule has 2 atom stereocenters. The molecule has 0 aliphatic carbocycles. The van der Waals surface area contributed by atoms with Crippen molar-refractivity contribution in [2.45, 2.75) is 39.3 Å². The van der Waals surface area contributed by atoms with Crippen LogP contribution in [0, 0.1) is 13.8 Å². The number of ether oxygens (including phenoxy) is 1. The van der Waals surface area contributed by atoms with Gasteiger partial charge in [0, 0.05) is 16.5 Å². The Bertz CT molecular complexity index is 1660. The molecule has 0 radical (unpaired) electrons. The molecule has 1 fully saturated rings. The minimum Gasteiger partial charge on any atom is -0.507 e. The molecule has 0 bridgehead atoms. The largest absolute Gasteiger partial charge is 0.507 e. The number of rotatable bonds is 3. The van der Waals surface area contributed by atoms with Crippen LogP contribution in [0.15, 0.2) is 64.6 Å². The third-order valence-corrected chi connectivity index (χ3v) is 8.30. The first kappa shape index (κ1) is 23.9. The number of amides is 1.